The molecule has 1 unspecified atom stereocenters. The molecule has 6 heteroatoms. The maximum absolute atomic E-state index is 10.5. The first kappa shape index (κ1) is 8.86. The van der Waals surface area contributed by atoms with Crippen LogP contribution in [0, 0.1) is 0 Å². The SMILES string of the molecule is CCOP(=O)(Cl)N=C=O. The number of halogens is 1. The van der Waals surface area contributed by atoms with Gasteiger partial charge in [0, 0.05) is 0 Å². The van der Waals surface area contributed by atoms with Gasteiger partial charge >= 0.3 is 6.87 Å². The van der Waals surface area contributed by atoms with Crippen LogP contribution in [0.15, 0.2) is 4.76 Å². The lowest BCUT2D eigenvalue weighted by Crippen LogP contribution is -1.78. The van der Waals surface area contributed by atoms with Crippen molar-refractivity contribution in [3.8, 4) is 0 Å². The molecule has 0 rings (SSSR count). The third-order valence-corrected chi connectivity index (χ3v) is 1.87. The molecular weight excluding hydrogens is 164 g/mol. The van der Waals surface area contributed by atoms with Crippen LogP contribution in [0.3, 0.4) is 0 Å². The van der Waals surface area contributed by atoms with Crippen molar-refractivity contribution in [3.63, 3.8) is 0 Å². The van der Waals surface area contributed by atoms with E-state index in [1.54, 1.807) is 6.92 Å². The minimum atomic E-state index is -3.52. The summed E-state index contributed by atoms with van der Waals surface area (Å²) in [6.45, 7) is -1.77. The van der Waals surface area contributed by atoms with Gasteiger partial charge in [0.25, 0.3) is 0 Å². The van der Waals surface area contributed by atoms with E-state index >= 15 is 0 Å². The molecule has 0 N–H and O–H groups in total. The van der Waals surface area contributed by atoms with Gasteiger partial charge in [0.05, 0.1) is 6.61 Å². The fourth-order valence-corrected chi connectivity index (χ4v) is 1.10. The predicted octanol–water partition coefficient (Wildman–Crippen LogP) is 1.71. The quantitative estimate of drug-likeness (QED) is 0.367. The molecule has 0 aliphatic rings. The van der Waals surface area contributed by atoms with Gasteiger partial charge in [0.2, 0.25) is 6.08 Å². The number of hydrogen-bond acceptors (Lipinski definition) is 3. The largest absolute Gasteiger partial charge is 0.416 e. The summed E-state index contributed by atoms with van der Waals surface area (Å²) in [4.78, 5) is 9.47. The van der Waals surface area contributed by atoms with Gasteiger partial charge in [-0.25, -0.2) is 9.36 Å². The zero-order chi connectivity index (χ0) is 7.33. The fourth-order valence-electron chi connectivity index (χ4n) is 0.237. The lowest BCUT2D eigenvalue weighted by molar-refractivity contribution is 0.345. The molecule has 0 aromatic rings. The van der Waals surface area contributed by atoms with Crippen LogP contribution in [0.2, 0.25) is 0 Å². The van der Waals surface area contributed by atoms with Crippen molar-refractivity contribution in [2.45, 2.75) is 6.92 Å². The van der Waals surface area contributed by atoms with Gasteiger partial charge in [-0.05, 0) is 18.2 Å². The summed E-state index contributed by atoms with van der Waals surface area (Å²) < 4.78 is 17.6. The van der Waals surface area contributed by atoms with E-state index in [4.69, 9.17) is 11.2 Å². The highest BCUT2D eigenvalue weighted by Crippen LogP contribution is 2.53. The van der Waals surface area contributed by atoms with Crippen molar-refractivity contribution < 1.29 is 13.9 Å². The highest BCUT2D eigenvalue weighted by Gasteiger charge is 2.15. The van der Waals surface area contributed by atoms with Gasteiger partial charge in [0.15, 0.2) is 0 Å². The lowest BCUT2D eigenvalue weighted by Gasteiger charge is -1.98. The number of nitrogens with zero attached hydrogens (tertiary/aromatic N) is 1. The summed E-state index contributed by atoms with van der Waals surface area (Å²) >= 11 is 5.04. The fraction of sp³-hybridized carbons (Fsp3) is 0.667. The first-order valence-electron chi connectivity index (χ1n) is 2.16. The Morgan fingerprint density at radius 1 is 1.89 bits per heavy atom. The number of isocyanates is 1. The molecule has 0 aliphatic heterocycles. The summed E-state index contributed by atoms with van der Waals surface area (Å²) in [5.74, 6) is 0. The third kappa shape index (κ3) is 4.37. The monoisotopic (exact) mass is 169 g/mol. The Bertz CT molecular complexity index is 176. The van der Waals surface area contributed by atoms with Gasteiger partial charge in [-0.2, -0.15) is 0 Å². The molecular formula is C3H5ClNO3P. The molecule has 0 heterocycles. The molecule has 9 heavy (non-hydrogen) atoms. The van der Waals surface area contributed by atoms with Crippen LogP contribution in [0.5, 0.6) is 0 Å². The molecule has 0 aromatic heterocycles. The third-order valence-electron chi connectivity index (χ3n) is 0.449. The highest BCUT2D eigenvalue weighted by molar-refractivity contribution is 7.84. The van der Waals surface area contributed by atoms with E-state index in [-0.39, 0.29) is 6.61 Å². The zero-order valence-corrected chi connectivity index (χ0v) is 6.35. The van der Waals surface area contributed by atoms with Crippen LogP contribution >= 0.6 is 18.1 Å². The van der Waals surface area contributed by atoms with E-state index in [9.17, 15) is 9.36 Å². The minimum absolute atomic E-state index is 0.159. The van der Waals surface area contributed by atoms with E-state index in [0.29, 0.717) is 0 Å². The molecule has 1 atom stereocenters. The first-order valence-corrected chi connectivity index (χ1v) is 4.64. The summed E-state index contributed by atoms with van der Waals surface area (Å²) in [5, 5.41) is 0. The molecule has 0 saturated heterocycles. The Labute approximate surface area is 57.2 Å². The summed E-state index contributed by atoms with van der Waals surface area (Å²) in [6, 6.07) is 0. The zero-order valence-electron chi connectivity index (χ0n) is 4.70. The van der Waals surface area contributed by atoms with E-state index in [2.05, 4.69) is 9.29 Å². The van der Waals surface area contributed by atoms with Crippen molar-refractivity contribution in [3.05, 3.63) is 0 Å². The van der Waals surface area contributed by atoms with Crippen LogP contribution in [-0.4, -0.2) is 12.7 Å². The van der Waals surface area contributed by atoms with Crippen molar-refractivity contribution >= 4 is 24.2 Å². The standard InChI is InChI=1S/C3H5ClNO3P/c1-2-8-9(4,7)5-3-6/h2H2,1H3. The average molecular weight is 170 g/mol. The number of rotatable bonds is 3. The molecule has 0 amide bonds. The Morgan fingerprint density at radius 2 is 2.44 bits per heavy atom. The molecule has 0 bridgehead atoms. The molecule has 52 valence electrons. The van der Waals surface area contributed by atoms with Crippen LogP contribution < -0.4 is 0 Å². The van der Waals surface area contributed by atoms with E-state index in [1.807, 2.05) is 0 Å². The van der Waals surface area contributed by atoms with Crippen LogP contribution in [0.25, 0.3) is 0 Å². The number of hydrogen-bond donors (Lipinski definition) is 0. The van der Waals surface area contributed by atoms with Gasteiger partial charge in [-0.3, -0.25) is 0 Å². The van der Waals surface area contributed by atoms with Gasteiger partial charge in [0.1, 0.15) is 0 Å². The average Bonchev–Trinajstić information content (AvgIpc) is 1.64. The normalized spacial score (nSPS) is 15.8. The summed E-state index contributed by atoms with van der Waals surface area (Å²) in [6.07, 6.45) is 1.05. The second-order valence-corrected chi connectivity index (χ2v) is 3.70. The first-order chi connectivity index (χ1) is 4.12. The smallest absolute Gasteiger partial charge is 0.301 e. The Morgan fingerprint density at radius 3 is 2.78 bits per heavy atom. The van der Waals surface area contributed by atoms with E-state index in [0.717, 1.165) is 6.08 Å². The minimum Gasteiger partial charge on any atom is -0.301 e. The molecule has 0 saturated carbocycles. The highest BCUT2D eigenvalue weighted by atomic mass is 35.7. The molecule has 0 aromatic carbocycles. The van der Waals surface area contributed by atoms with Crippen molar-refractivity contribution in [1.82, 2.24) is 0 Å². The maximum Gasteiger partial charge on any atom is 0.416 e. The topological polar surface area (TPSA) is 55.7 Å². The van der Waals surface area contributed by atoms with E-state index in [1.165, 1.54) is 0 Å². The van der Waals surface area contributed by atoms with Crippen LogP contribution in [0.1, 0.15) is 6.92 Å². The molecule has 0 radical (unpaired) electrons. The summed E-state index contributed by atoms with van der Waals surface area (Å²) in [5.41, 5.74) is 0. The Balaban J connectivity index is 4.03. The second-order valence-electron chi connectivity index (χ2n) is 1.06. The molecule has 0 fully saturated rings. The predicted molar refractivity (Wildman–Crippen MR) is 33.2 cm³/mol. The van der Waals surface area contributed by atoms with Crippen LogP contribution in [-0.2, 0) is 13.9 Å². The molecule has 0 spiro atoms. The van der Waals surface area contributed by atoms with E-state index < -0.39 is 6.87 Å². The van der Waals surface area contributed by atoms with Crippen molar-refractivity contribution in [2.75, 3.05) is 6.61 Å². The van der Waals surface area contributed by atoms with Crippen LogP contribution in [0.4, 0.5) is 0 Å². The van der Waals surface area contributed by atoms with Crippen molar-refractivity contribution in [2.24, 2.45) is 4.76 Å². The lowest BCUT2D eigenvalue weighted by atomic mass is 10.9. The maximum atomic E-state index is 10.5. The Hall–Kier alpha value is -0.140. The number of carbonyl (C=O) groups excluding carboxylic acids is 1. The van der Waals surface area contributed by atoms with Gasteiger partial charge in [-0.15, -0.1) is 4.76 Å². The van der Waals surface area contributed by atoms with Gasteiger partial charge in [-0.1, -0.05) is 0 Å². The molecule has 4 nitrogen and oxygen atoms in total. The van der Waals surface area contributed by atoms with Crippen molar-refractivity contribution in [1.29, 1.82) is 0 Å². The molecule has 0 aliphatic carbocycles. The second kappa shape index (κ2) is 3.80. The van der Waals surface area contributed by atoms with Gasteiger partial charge < -0.3 is 4.52 Å². The summed E-state index contributed by atoms with van der Waals surface area (Å²) in [7, 11) is 0. The Kier molecular flexibility index (Phi) is 3.75.